The molecule has 0 aliphatic rings. The van der Waals surface area contributed by atoms with E-state index in [9.17, 15) is 0 Å². The number of hydrogen-bond acceptors (Lipinski definition) is 3. The van der Waals surface area contributed by atoms with E-state index in [-0.39, 0.29) is 0 Å². The van der Waals surface area contributed by atoms with Crippen LogP contribution in [-0.2, 0) is 13.1 Å². The Bertz CT molecular complexity index is 391. The topological polar surface area (TPSA) is 24.5 Å². The standard InChI is InChI=1S/C17H30N2O/c1-6-7-10-19(4)13-16-11-15(12-18-14(2)3)8-9-17(16)20-5/h8-9,11,14,18H,6-7,10,12-13H2,1-5H3. The van der Waals surface area contributed by atoms with Gasteiger partial charge in [-0.1, -0.05) is 33.3 Å². The molecule has 1 N–H and O–H groups in total. The van der Waals surface area contributed by atoms with Crippen molar-refractivity contribution in [3.8, 4) is 5.75 Å². The van der Waals surface area contributed by atoms with Gasteiger partial charge in [0.25, 0.3) is 0 Å². The highest BCUT2D eigenvalue weighted by Gasteiger charge is 2.08. The van der Waals surface area contributed by atoms with Gasteiger partial charge in [0.2, 0.25) is 0 Å². The van der Waals surface area contributed by atoms with Crippen LogP contribution in [0.15, 0.2) is 18.2 Å². The first-order valence-corrected chi connectivity index (χ1v) is 7.64. The third-order valence-corrected chi connectivity index (χ3v) is 3.39. The minimum absolute atomic E-state index is 0.507. The Morgan fingerprint density at radius 1 is 1.30 bits per heavy atom. The summed E-state index contributed by atoms with van der Waals surface area (Å²) in [7, 11) is 3.92. The van der Waals surface area contributed by atoms with E-state index in [4.69, 9.17) is 4.74 Å². The van der Waals surface area contributed by atoms with Crippen LogP contribution in [0.4, 0.5) is 0 Å². The molecule has 0 spiro atoms. The number of unbranched alkanes of at least 4 members (excludes halogenated alkanes) is 1. The number of nitrogens with one attached hydrogen (secondary N) is 1. The fraction of sp³-hybridized carbons (Fsp3) is 0.647. The van der Waals surface area contributed by atoms with Crippen LogP contribution in [0.25, 0.3) is 0 Å². The van der Waals surface area contributed by atoms with Gasteiger partial charge in [-0.05, 0) is 37.7 Å². The summed E-state index contributed by atoms with van der Waals surface area (Å²) in [5.74, 6) is 0.988. The number of benzene rings is 1. The Balaban J connectivity index is 2.72. The van der Waals surface area contributed by atoms with E-state index < -0.39 is 0 Å². The zero-order chi connectivity index (χ0) is 15.0. The molecule has 0 saturated heterocycles. The predicted molar refractivity (Wildman–Crippen MR) is 86.2 cm³/mol. The van der Waals surface area contributed by atoms with Crippen LogP contribution in [0, 0.1) is 0 Å². The third-order valence-electron chi connectivity index (χ3n) is 3.39. The van der Waals surface area contributed by atoms with Gasteiger partial charge in [-0.25, -0.2) is 0 Å². The van der Waals surface area contributed by atoms with Crippen molar-refractivity contribution in [2.45, 2.75) is 52.7 Å². The number of ether oxygens (including phenoxy) is 1. The second-order valence-electron chi connectivity index (χ2n) is 5.77. The number of hydrogen-bond donors (Lipinski definition) is 1. The molecule has 0 amide bonds. The second-order valence-corrected chi connectivity index (χ2v) is 5.77. The van der Waals surface area contributed by atoms with Gasteiger partial charge >= 0.3 is 0 Å². The fourth-order valence-corrected chi connectivity index (χ4v) is 2.19. The first-order valence-electron chi connectivity index (χ1n) is 7.64. The van der Waals surface area contributed by atoms with E-state index in [1.807, 2.05) is 0 Å². The Morgan fingerprint density at radius 2 is 2.05 bits per heavy atom. The van der Waals surface area contributed by atoms with Crippen LogP contribution in [0.5, 0.6) is 5.75 Å². The van der Waals surface area contributed by atoms with E-state index in [0.29, 0.717) is 6.04 Å². The highest BCUT2D eigenvalue weighted by atomic mass is 16.5. The lowest BCUT2D eigenvalue weighted by molar-refractivity contribution is 0.312. The van der Waals surface area contributed by atoms with Gasteiger partial charge in [-0.2, -0.15) is 0 Å². The zero-order valence-corrected chi connectivity index (χ0v) is 13.7. The molecule has 0 radical (unpaired) electrons. The largest absolute Gasteiger partial charge is 0.496 e. The smallest absolute Gasteiger partial charge is 0.123 e. The minimum Gasteiger partial charge on any atom is -0.496 e. The lowest BCUT2D eigenvalue weighted by Crippen LogP contribution is -2.22. The molecule has 1 aromatic rings. The van der Waals surface area contributed by atoms with Gasteiger partial charge in [0.1, 0.15) is 5.75 Å². The molecular weight excluding hydrogens is 248 g/mol. The van der Waals surface area contributed by atoms with Crippen molar-refractivity contribution >= 4 is 0 Å². The van der Waals surface area contributed by atoms with Crippen molar-refractivity contribution in [2.75, 3.05) is 20.7 Å². The maximum absolute atomic E-state index is 5.48. The van der Waals surface area contributed by atoms with Gasteiger partial charge in [-0.3, -0.25) is 0 Å². The molecule has 114 valence electrons. The summed E-state index contributed by atoms with van der Waals surface area (Å²) in [5, 5.41) is 3.46. The van der Waals surface area contributed by atoms with E-state index in [2.05, 4.69) is 56.2 Å². The van der Waals surface area contributed by atoms with Crippen LogP contribution in [0.2, 0.25) is 0 Å². The van der Waals surface area contributed by atoms with Crippen LogP contribution in [0.1, 0.15) is 44.7 Å². The van der Waals surface area contributed by atoms with E-state index in [1.165, 1.54) is 24.0 Å². The lowest BCUT2D eigenvalue weighted by Gasteiger charge is -2.19. The first kappa shape index (κ1) is 17.0. The molecular formula is C17H30N2O. The van der Waals surface area contributed by atoms with Gasteiger partial charge in [0, 0.05) is 24.7 Å². The Morgan fingerprint density at radius 3 is 2.65 bits per heavy atom. The highest BCUT2D eigenvalue weighted by Crippen LogP contribution is 2.21. The van der Waals surface area contributed by atoms with E-state index >= 15 is 0 Å². The molecule has 20 heavy (non-hydrogen) atoms. The molecule has 0 fully saturated rings. The second kappa shape index (κ2) is 8.98. The quantitative estimate of drug-likeness (QED) is 0.749. The average Bonchev–Trinajstić information content (AvgIpc) is 2.43. The Labute approximate surface area is 124 Å². The molecule has 0 saturated carbocycles. The monoisotopic (exact) mass is 278 g/mol. The summed E-state index contributed by atoms with van der Waals surface area (Å²) in [6, 6.07) is 6.99. The van der Waals surface area contributed by atoms with Gasteiger partial charge in [-0.15, -0.1) is 0 Å². The molecule has 0 bridgehead atoms. The van der Waals surface area contributed by atoms with Gasteiger partial charge in [0.05, 0.1) is 7.11 Å². The van der Waals surface area contributed by atoms with E-state index in [1.54, 1.807) is 7.11 Å². The van der Waals surface area contributed by atoms with Crippen molar-refractivity contribution < 1.29 is 4.74 Å². The molecule has 0 heterocycles. The fourth-order valence-electron chi connectivity index (χ4n) is 2.19. The first-order chi connectivity index (χ1) is 9.56. The number of nitrogens with zero attached hydrogens (tertiary/aromatic N) is 1. The Hall–Kier alpha value is -1.06. The molecule has 1 rings (SSSR count). The van der Waals surface area contributed by atoms with Crippen molar-refractivity contribution in [3.05, 3.63) is 29.3 Å². The van der Waals surface area contributed by atoms with Crippen LogP contribution >= 0.6 is 0 Å². The van der Waals surface area contributed by atoms with Gasteiger partial charge in [0.15, 0.2) is 0 Å². The maximum atomic E-state index is 5.48. The van der Waals surface area contributed by atoms with Crippen LogP contribution in [-0.4, -0.2) is 31.6 Å². The third kappa shape index (κ3) is 5.93. The molecule has 0 aliphatic carbocycles. The minimum atomic E-state index is 0.507. The summed E-state index contributed by atoms with van der Waals surface area (Å²) in [5.41, 5.74) is 2.59. The van der Waals surface area contributed by atoms with Crippen LogP contribution in [0.3, 0.4) is 0 Å². The lowest BCUT2D eigenvalue weighted by atomic mass is 10.1. The normalized spacial score (nSPS) is 11.3. The predicted octanol–water partition coefficient (Wildman–Crippen LogP) is 3.43. The SMILES string of the molecule is CCCCN(C)Cc1cc(CNC(C)C)ccc1OC. The molecule has 0 atom stereocenters. The van der Waals surface area contributed by atoms with E-state index in [0.717, 1.165) is 25.4 Å². The summed E-state index contributed by atoms with van der Waals surface area (Å²) >= 11 is 0. The maximum Gasteiger partial charge on any atom is 0.123 e. The zero-order valence-electron chi connectivity index (χ0n) is 13.7. The van der Waals surface area contributed by atoms with Crippen molar-refractivity contribution in [3.63, 3.8) is 0 Å². The molecule has 3 nitrogen and oxygen atoms in total. The van der Waals surface area contributed by atoms with Gasteiger partial charge < -0.3 is 15.0 Å². The van der Waals surface area contributed by atoms with Crippen molar-refractivity contribution in [1.82, 2.24) is 10.2 Å². The molecule has 0 aliphatic heterocycles. The molecule has 0 unspecified atom stereocenters. The Kier molecular flexibility index (Phi) is 7.63. The average molecular weight is 278 g/mol. The summed E-state index contributed by atoms with van der Waals surface area (Å²) < 4.78 is 5.48. The molecule has 0 aromatic heterocycles. The summed E-state index contributed by atoms with van der Waals surface area (Å²) in [4.78, 5) is 2.36. The molecule has 3 heteroatoms. The highest BCUT2D eigenvalue weighted by molar-refractivity contribution is 5.37. The number of rotatable bonds is 9. The molecule has 1 aromatic carbocycles. The van der Waals surface area contributed by atoms with Crippen molar-refractivity contribution in [2.24, 2.45) is 0 Å². The van der Waals surface area contributed by atoms with Crippen LogP contribution < -0.4 is 10.1 Å². The summed E-state index contributed by atoms with van der Waals surface area (Å²) in [6.07, 6.45) is 2.48. The summed E-state index contributed by atoms with van der Waals surface area (Å²) in [6.45, 7) is 9.55. The number of methoxy groups -OCH3 is 1. The van der Waals surface area contributed by atoms with Crippen molar-refractivity contribution in [1.29, 1.82) is 0 Å².